The van der Waals surface area contributed by atoms with Gasteiger partial charge in [-0.3, -0.25) is 4.79 Å². The number of anilines is 1. The molecule has 2 heterocycles. The molecule has 0 bridgehead atoms. The third-order valence-electron chi connectivity index (χ3n) is 4.74. The number of hydrogen-bond donors (Lipinski definition) is 1. The van der Waals surface area contributed by atoms with Crippen LogP contribution in [0.5, 0.6) is 5.75 Å². The molecule has 0 saturated carbocycles. The van der Waals surface area contributed by atoms with Crippen molar-refractivity contribution in [2.75, 3.05) is 45.1 Å². The molecule has 0 spiro atoms. The van der Waals surface area contributed by atoms with Gasteiger partial charge in [-0.25, -0.2) is 4.79 Å². The summed E-state index contributed by atoms with van der Waals surface area (Å²) in [5.74, 6) is -0.573. The van der Waals surface area contributed by atoms with Crippen LogP contribution in [0.3, 0.4) is 0 Å². The summed E-state index contributed by atoms with van der Waals surface area (Å²) in [6.07, 6.45) is 0.845. The maximum atomic E-state index is 12.6. The predicted octanol–water partition coefficient (Wildman–Crippen LogP) is 1.94. The van der Waals surface area contributed by atoms with Crippen LogP contribution in [0.4, 0.5) is 19.3 Å². The Hall–Kier alpha value is -2.62. The molecule has 0 atom stereocenters. The van der Waals surface area contributed by atoms with E-state index in [1.165, 1.54) is 18.2 Å². The lowest BCUT2D eigenvalue weighted by atomic mass is 10.1. The zero-order valence-corrected chi connectivity index (χ0v) is 15.3. The van der Waals surface area contributed by atoms with Crippen LogP contribution in [-0.2, 0) is 9.47 Å². The van der Waals surface area contributed by atoms with Crippen LogP contribution in [0, 0.1) is 0 Å². The van der Waals surface area contributed by atoms with Gasteiger partial charge in [0, 0.05) is 44.6 Å². The summed E-state index contributed by atoms with van der Waals surface area (Å²) in [6, 6.07) is 4.02. The number of halogens is 2. The fraction of sp³-hybridized carbons (Fsp3) is 0.556. The molecule has 1 aromatic rings. The van der Waals surface area contributed by atoms with Crippen LogP contribution in [0.25, 0.3) is 0 Å². The highest BCUT2D eigenvalue weighted by Crippen LogP contribution is 2.25. The third-order valence-corrected chi connectivity index (χ3v) is 4.74. The Bertz CT molecular complexity index is 704. The lowest BCUT2D eigenvalue weighted by Gasteiger charge is -2.35. The number of carbonyl (C=O) groups excluding carboxylic acids is 2. The van der Waals surface area contributed by atoms with Gasteiger partial charge in [-0.1, -0.05) is 0 Å². The van der Waals surface area contributed by atoms with E-state index in [1.54, 1.807) is 9.80 Å². The molecule has 2 fully saturated rings. The number of nitrogens with two attached hydrogens (primary N) is 1. The number of piperazine rings is 1. The molecule has 2 N–H and O–H groups in total. The Morgan fingerprint density at radius 3 is 2.39 bits per heavy atom. The number of alkyl halides is 2. The van der Waals surface area contributed by atoms with Crippen molar-refractivity contribution < 1.29 is 32.6 Å². The minimum Gasteiger partial charge on any atom is -0.446 e. The molecular weight excluding hydrogens is 376 g/mol. The van der Waals surface area contributed by atoms with Gasteiger partial charge in [0.2, 0.25) is 0 Å². The first-order valence-corrected chi connectivity index (χ1v) is 9.11. The molecule has 3 rings (SSSR count). The molecule has 1 aromatic carbocycles. The van der Waals surface area contributed by atoms with Crippen molar-refractivity contribution in [1.82, 2.24) is 9.80 Å². The standard InChI is InChI=1S/C18H23F2N3O5/c19-17(20)28-15-11-12(1-2-14(15)21)16(24)22-5-7-23(8-6-22)18(25)27-13-3-9-26-10-4-13/h1-2,11,13,17H,3-10,21H2. The number of hydrogen-bond acceptors (Lipinski definition) is 6. The van der Waals surface area contributed by atoms with Gasteiger partial charge in [-0.15, -0.1) is 0 Å². The van der Waals surface area contributed by atoms with Crippen LogP contribution >= 0.6 is 0 Å². The Labute approximate surface area is 161 Å². The van der Waals surface area contributed by atoms with Gasteiger partial charge in [0.15, 0.2) is 0 Å². The zero-order chi connectivity index (χ0) is 20.1. The number of carbonyl (C=O) groups is 2. The Kier molecular flexibility index (Phi) is 6.50. The lowest BCUT2D eigenvalue weighted by molar-refractivity contribution is -0.0493. The monoisotopic (exact) mass is 399 g/mol. The average molecular weight is 399 g/mol. The first-order valence-electron chi connectivity index (χ1n) is 9.11. The summed E-state index contributed by atoms with van der Waals surface area (Å²) >= 11 is 0. The topological polar surface area (TPSA) is 94.3 Å². The summed E-state index contributed by atoms with van der Waals surface area (Å²) in [4.78, 5) is 28.0. The van der Waals surface area contributed by atoms with Gasteiger partial charge in [-0.2, -0.15) is 8.78 Å². The molecule has 2 aliphatic heterocycles. The van der Waals surface area contributed by atoms with Crippen LogP contribution in [0.2, 0.25) is 0 Å². The molecule has 0 unspecified atom stereocenters. The first-order chi connectivity index (χ1) is 13.4. The Morgan fingerprint density at radius 2 is 1.75 bits per heavy atom. The van der Waals surface area contributed by atoms with Crippen LogP contribution in [0.15, 0.2) is 18.2 Å². The predicted molar refractivity (Wildman–Crippen MR) is 95.3 cm³/mol. The molecule has 2 amide bonds. The maximum absolute atomic E-state index is 12.6. The Balaban J connectivity index is 1.54. The van der Waals surface area contributed by atoms with Crippen molar-refractivity contribution in [2.45, 2.75) is 25.6 Å². The normalized spacial score (nSPS) is 18.2. The lowest BCUT2D eigenvalue weighted by Crippen LogP contribution is -2.51. The number of nitrogens with zero attached hydrogens (tertiary/aromatic N) is 2. The van der Waals surface area contributed by atoms with Crippen molar-refractivity contribution in [3.05, 3.63) is 23.8 Å². The van der Waals surface area contributed by atoms with Crippen LogP contribution in [-0.4, -0.2) is 73.9 Å². The largest absolute Gasteiger partial charge is 0.446 e. The molecule has 2 aliphatic rings. The van der Waals surface area contributed by atoms with Crippen molar-refractivity contribution in [1.29, 1.82) is 0 Å². The van der Waals surface area contributed by atoms with Gasteiger partial charge in [0.05, 0.1) is 18.9 Å². The van der Waals surface area contributed by atoms with Gasteiger partial charge in [0.1, 0.15) is 11.9 Å². The molecule has 0 aromatic heterocycles. The number of amides is 2. The first kappa shape index (κ1) is 20.1. The van der Waals surface area contributed by atoms with Gasteiger partial charge >= 0.3 is 12.7 Å². The van der Waals surface area contributed by atoms with Crippen molar-refractivity contribution in [3.63, 3.8) is 0 Å². The number of rotatable bonds is 4. The summed E-state index contributed by atoms with van der Waals surface area (Å²) in [6.45, 7) is -0.559. The van der Waals surface area contributed by atoms with Crippen molar-refractivity contribution in [3.8, 4) is 5.75 Å². The number of ether oxygens (including phenoxy) is 3. The van der Waals surface area contributed by atoms with Crippen LogP contribution < -0.4 is 10.5 Å². The molecule has 28 heavy (non-hydrogen) atoms. The van der Waals surface area contributed by atoms with Crippen molar-refractivity contribution >= 4 is 17.7 Å². The molecule has 10 heteroatoms. The van der Waals surface area contributed by atoms with Crippen LogP contribution in [0.1, 0.15) is 23.2 Å². The van der Waals surface area contributed by atoms with E-state index in [0.29, 0.717) is 52.2 Å². The van der Waals surface area contributed by atoms with Gasteiger partial charge in [-0.05, 0) is 18.2 Å². The maximum Gasteiger partial charge on any atom is 0.410 e. The number of benzene rings is 1. The summed E-state index contributed by atoms with van der Waals surface area (Å²) in [5.41, 5.74) is 5.82. The van der Waals surface area contributed by atoms with E-state index in [4.69, 9.17) is 15.2 Å². The van der Waals surface area contributed by atoms with E-state index in [-0.39, 0.29) is 35.1 Å². The third kappa shape index (κ3) is 5.00. The SMILES string of the molecule is Nc1ccc(C(=O)N2CCN(C(=O)OC3CCOCC3)CC2)cc1OC(F)F. The average Bonchev–Trinajstić information content (AvgIpc) is 2.69. The van der Waals surface area contributed by atoms with E-state index in [2.05, 4.69) is 4.74 Å². The molecule has 154 valence electrons. The van der Waals surface area contributed by atoms with E-state index in [1.807, 2.05) is 0 Å². The molecule has 2 saturated heterocycles. The molecular formula is C18H23F2N3O5. The number of nitrogen functional groups attached to an aromatic ring is 1. The van der Waals surface area contributed by atoms with Gasteiger partial charge in [0.25, 0.3) is 5.91 Å². The second kappa shape index (κ2) is 9.05. The zero-order valence-electron chi connectivity index (χ0n) is 15.3. The van der Waals surface area contributed by atoms with E-state index in [9.17, 15) is 18.4 Å². The second-order valence-corrected chi connectivity index (χ2v) is 6.61. The smallest absolute Gasteiger partial charge is 0.410 e. The molecule has 0 radical (unpaired) electrons. The molecule has 0 aliphatic carbocycles. The quantitative estimate of drug-likeness (QED) is 0.778. The highest BCUT2D eigenvalue weighted by Gasteiger charge is 2.28. The fourth-order valence-corrected chi connectivity index (χ4v) is 3.15. The minimum atomic E-state index is -3.03. The van der Waals surface area contributed by atoms with E-state index >= 15 is 0 Å². The summed E-state index contributed by atoms with van der Waals surface area (Å²) in [7, 11) is 0. The molecule has 8 nitrogen and oxygen atoms in total. The fourth-order valence-electron chi connectivity index (χ4n) is 3.15. The summed E-state index contributed by atoms with van der Waals surface area (Å²) < 4.78 is 39.9. The van der Waals surface area contributed by atoms with Gasteiger partial charge < -0.3 is 29.7 Å². The Morgan fingerprint density at radius 1 is 1.11 bits per heavy atom. The minimum absolute atomic E-state index is 0.0255. The van der Waals surface area contributed by atoms with E-state index < -0.39 is 6.61 Å². The van der Waals surface area contributed by atoms with Crippen molar-refractivity contribution in [2.24, 2.45) is 0 Å². The second-order valence-electron chi connectivity index (χ2n) is 6.61. The van der Waals surface area contributed by atoms with E-state index in [0.717, 1.165) is 0 Å². The highest BCUT2D eigenvalue weighted by atomic mass is 19.3. The summed E-state index contributed by atoms with van der Waals surface area (Å²) in [5, 5.41) is 0. The highest BCUT2D eigenvalue weighted by molar-refractivity contribution is 5.95.